The number of nitrogens with zero attached hydrogens (tertiary/aromatic N) is 3. The monoisotopic (exact) mass is 507 g/mol. The molecule has 0 atom stereocenters. The van der Waals surface area contributed by atoms with Crippen molar-refractivity contribution in [2.45, 2.75) is 13.1 Å². The zero-order valence-corrected chi connectivity index (χ0v) is 20.2. The van der Waals surface area contributed by atoms with Gasteiger partial charge in [-0.05, 0) is 61.0 Å². The van der Waals surface area contributed by atoms with Gasteiger partial charge in [-0.15, -0.1) is 0 Å². The Kier molecular flexibility index (Phi) is 6.50. The standard InChI is InChI=1S/C29H25F4N3O/c1-20-26(19-27(21-6-3-2-4-7-21)36(20)24-12-10-23(30)11-13-24)28(37)35-16-14-34(15-17-35)25-9-5-8-22(18-25)29(31,32)33/h2-13,18-19H,14-17H2,1H3. The summed E-state index contributed by atoms with van der Waals surface area (Å²) in [5.41, 5.74) is 3.55. The van der Waals surface area contributed by atoms with Crippen molar-refractivity contribution in [1.82, 2.24) is 9.47 Å². The number of aromatic nitrogens is 1. The molecular formula is C29H25F4N3O. The van der Waals surface area contributed by atoms with Gasteiger partial charge in [-0.25, -0.2) is 4.39 Å². The fraction of sp³-hybridized carbons (Fsp3) is 0.207. The second-order valence-corrected chi connectivity index (χ2v) is 9.03. The van der Waals surface area contributed by atoms with Crippen LogP contribution in [0.3, 0.4) is 0 Å². The number of piperazine rings is 1. The zero-order valence-electron chi connectivity index (χ0n) is 20.2. The summed E-state index contributed by atoms with van der Waals surface area (Å²) in [6, 6.07) is 22.9. The lowest BCUT2D eigenvalue weighted by Gasteiger charge is -2.36. The smallest absolute Gasteiger partial charge is 0.368 e. The summed E-state index contributed by atoms with van der Waals surface area (Å²) in [4.78, 5) is 17.2. The average molecular weight is 508 g/mol. The Balaban J connectivity index is 1.41. The van der Waals surface area contributed by atoms with Crippen molar-refractivity contribution < 1.29 is 22.4 Å². The highest BCUT2D eigenvalue weighted by Crippen LogP contribution is 2.33. The van der Waals surface area contributed by atoms with E-state index < -0.39 is 11.7 Å². The van der Waals surface area contributed by atoms with Crippen molar-refractivity contribution in [1.29, 1.82) is 0 Å². The van der Waals surface area contributed by atoms with Crippen molar-refractivity contribution >= 4 is 11.6 Å². The molecule has 0 aliphatic carbocycles. The minimum atomic E-state index is -4.40. The summed E-state index contributed by atoms with van der Waals surface area (Å²) in [6.07, 6.45) is -4.40. The van der Waals surface area contributed by atoms with Crippen LogP contribution in [0.2, 0.25) is 0 Å². The molecule has 2 heterocycles. The first-order valence-corrected chi connectivity index (χ1v) is 12.0. The van der Waals surface area contributed by atoms with E-state index in [-0.39, 0.29) is 11.7 Å². The number of hydrogen-bond acceptors (Lipinski definition) is 2. The number of carbonyl (C=O) groups is 1. The lowest BCUT2D eigenvalue weighted by Crippen LogP contribution is -2.49. The third-order valence-electron chi connectivity index (χ3n) is 6.74. The van der Waals surface area contributed by atoms with Crippen LogP contribution < -0.4 is 4.90 Å². The predicted molar refractivity (Wildman–Crippen MR) is 135 cm³/mol. The first-order chi connectivity index (χ1) is 17.7. The molecule has 1 amide bonds. The van der Waals surface area contributed by atoms with Crippen molar-refractivity contribution in [2.24, 2.45) is 0 Å². The number of anilines is 1. The normalized spacial score (nSPS) is 14.2. The molecule has 190 valence electrons. The molecule has 0 spiro atoms. The molecule has 0 bridgehead atoms. The molecule has 8 heteroatoms. The van der Waals surface area contributed by atoms with E-state index in [4.69, 9.17) is 0 Å². The lowest BCUT2D eigenvalue weighted by atomic mass is 10.1. The van der Waals surface area contributed by atoms with E-state index in [2.05, 4.69) is 0 Å². The fourth-order valence-corrected chi connectivity index (χ4v) is 4.78. The Bertz CT molecular complexity index is 1400. The van der Waals surface area contributed by atoms with Crippen molar-refractivity contribution in [3.63, 3.8) is 0 Å². The summed E-state index contributed by atoms with van der Waals surface area (Å²) >= 11 is 0. The van der Waals surface area contributed by atoms with Crippen molar-refractivity contribution in [3.8, 4) is 16.9 Å². The van der Waals surface area contributed by atoms with Crippen LogP contribution in [0.1, 0.15) is 21.6 Å². The number of amides is 1. The van der Waals surface area contributed by atoms with Gasteiger partial charge in [-0.1, -0.05) is 36.4 Å². The molecule has 1 aliphatic heterocycles. The Morgan fingerprint density at radius 2 is 1.46 bits per heavy atom. The maximum atomic E-state index is 13.6. The van der Waals surface area contributed by atoms with Gasteiger partial charge >= 0.3 is 6.18 Å². The van der Waals surface area contributed by atoms with E-state index in [0.29, 0.717) is 37.4 Å². The molecule has 37 heavy (non-hydrogen) atoms. The second-order valence-electron chi connectivity index (χ2n) is 9.03. The molecule has 5 rings (SSSR count). The maximum Gasteiger partial charge on any atom is 0.416 e. The van der Waals surface area contributed by atoms with Crippen LogP contribution >= 0.6 is 0 Å². The summed E-state index contributed by atoms with van der Waals surface area (Å²) in [7, 11) is 0. The molecule has 0 N–H and O–H groups in total. The topological polar surface area (TPSA) is 28.5 Å². The van der Waals surface area contributed by atoms with Crippen LogP contribution in [0, 0.1) is 12.7 Å². The molecule has 1 aromatic heterocycles. The first-order valence-electron chi connectivity index (χ1n) is 12.0. The molecule has 0 radical (unpaired) electrons. The second kappa shape index (κ2) is 9.76. The lowest BCUT2D eigenvalue weighted by molar-refractivity contribution is -0.137. The summed E-state index contributed by atoms with van der Waals surface area (Å²) in [6.45, 7) is 3.49. The van der Waals surface area contributed by atoms with Gasteiger partial charge in [0.2, 0.25) is 0 Å². The van der Waals surface area contributed by atoms with Crippen LogP contribution in [-0.4, -0.2) is 41.6 Å². The van der Waals surface area contributed by atoms with E-state index in [1.807, 2.05) is 52.8 Å². The molecule has 4 nitrogen and oxygen atoms in total. The maximum absolute atomic E-state index is 13.6. The van der Waals surface area contributed by atoms with Crippen LogP contribution in [0.15, 0.2) is 84.9 Å². The van der Waals surface area contributed by atoms with Crippen molar-refractivity contribution in [3.05, 3.63) is 108 Å². The molecule has 0 saturated carbocycles. The largest absolute Gasteiger partial charge is 0.416 e. The van der Waals surface area contributed by atoms with Crippen LogP contribution in [0.4, 0.5) is 23.2 Å². The quantitative estimate of drug-likeness (QED) is 0.292. The number of halogens is 4. The van der Waals surface area contributed by atoms with Crippen LogP contribution in [0.5, 0.6) is 0 Å². The van der Waals surface area contributed by atoms with E-state index in [0.717, 1.165) is 34.8 Å². The third-order valence-corrected chi connectivity index (χ3v) is 6.74. The molecule has 1 aliphatic rings. The molecule has 1 fully saturated rings. The predicted octanol–water partition coefficient (Wildman–Crippen LogP) is 6.57. The fourth-order valence-electron chi connectivity index (χ4n) is 4.78. The van der Waals surface area contributed by atoms with Gasteiger partial charge in [0.05, 0.1) is 16.8 Å². The number of hydrogen-bond donors (Lipinski definition) is 0. The average Bonchev–Trinajstić information content (AvgIpc) is 3.26. The Morgan fingerprint density at radius 3 is 2.11 bits per heavy atom. The number of alkyl halides is 3. The first kappa shape index (κ1) is 24.6. The third kappa shape index (κ3) is 4.96. The van der Waals surface area contributed by atoms with Gasteiger partial charge in [-0.3, -0.25) is 4.79 Å². The van der Waals surface area contributed by atoms with Gasteiger partial charge in [0.1, 0.15) is 5.82 Å². The minimum Gasteiger partial charge on any atom is -0.368 e. The highest BCUT2D eigenvalue weighted by atomic mass is 19.4. The van der Waals surface area contributed by atoms with Crippen LogP contribution in [0.25, 0.3) is 16.9 Å². The van der Waals surface area contributed by atoms with E-state index in [1.165, 1.54) is 18.2 Å². The van der Waals surface area contributed by atoms with Gasteiger partial charge in [-0.2, -0.15) is 13.2 Å². The van der Waals surface area contributed by atoms with Crippen molar-refractivity contribution in [2.75, 3.05) is 31.1 Å². The molecular weight excluding hydrogens is 482 g/mol. The SMILES string of the molecule is Cc1c(C(=O)N2CCN(c3cccc(C(F)(F)F)c3)CC2)cc(-c2ccccc2)n1-c1ccc(F)cc1. The Labute approximate surface area is 212 Å². The zero-order chi connectivity index (χ0) is 26.2. The summed E-state index contributed by atoms with van der Waals surface area (Å²) in [5.74, 6) is -0.482. The van der Waals surface area contributed by atoms with Gasteiger partial charge < -0.3 is 14.4 Å². The molecule has 1 saturated heterocycles. The highest BCUT2D eigenvalue weighted by molar-refractivity contribution is 5.97. The Morgan fingerprint density at radius 1 is 0.784 bits per heavy atom. The molecule has 4 aromatic rings. The van der Waals surface area contributed by atoms with Gasteiger partial charge in [0.25, 0.3) is 5.91 Å². The Hall–Kier alpha value is -4.07. The number of rotatable bonds is 4. The minimum absolute atomic E-state index is 0.140. The molecule has 0 unspecified atom stereocenters. The van der Waals surface area contributed by atoms with Gasteiger partial charge in [0, 0.05) is 43.2 Å². The van der Waals surface area contributed by atoms with E-state index in [9.17, 15) is 22.4 Å². The van der Waals surface area contributed by atoms with E-state index in [1.54, 1.807) is 23.1 Å². The van der Waals surface area contributed by atoms with Crippen LogP contribution in [-0.2, 0) is 6.18 Å². The van der Waals surface area contributed by atoms with E-state index >= 15 is 0 Å². The summed E-state index contributed by atoms with van der Waals surface area (Å²) < 4.78 is 55.0. The summed E-state index contributed by atoms with van der Waals surface area (Å²) in [5, 5.41) is 0. The number of carbonyl (C=O) groups excluding carboxylic acids is 1. The highest BCUT2D eigenvalue weighted by Gasteiger charge is 2.32. The van der Waals surface area contributed by atoms with Gasteiger partial charge in [0.15, 0.2) is 0 Å². The molecule has 3 aromatic carbocycles. The number of benzene rings is 3.